The van der Waals surface area contributed by atoms with Crippen LogP contribution in [0.25, 0.3) is 4.85 Å². The summed E-state index contributed by atoms with van der Waals surface area (Å²) in [5.74, 6) is -1.44. The van der Waals surface area contributed by atoms with Crippen LogP contribution in [-0.2, 0) is 4.79 Å². The van der Waals surface area contributed by atoms with Crippen molar-refractivity contribution in [2.75, 3.05) is 0 Å². The van der Waals surface area contributed by atoms with Gasteiger partial charge in [0.15, 0.2) is 0 Å². The molecule has 0 saturated heterocycles. The maximum Gasteiger partial charge on any atom is 0.471 e. The monoisotopic (exact) mass is 418 g/mol. The molecule has 1 aliphatic rings. The molecule has 0 spiro atoms. The third kappa shape index (κ3) is 3.47. The van der Waals surface area contributed by atoms with Gasteiger partial charge in [-0.05, 0) is 12.1 Å². The molecule has 0 atom stereocenters. The smallest absolute Gasteiger partial charge is 0.471 e. The van der Waals surface area contributed by atoms with Crippen LogP contribution in [-0.4, -0.2) is 24.2 Å². The number of carbonyl (C=O) groups is 1. The first-order valence-corrected chi connectivity index (χ1v) is 8.32. The molecule has 25 heavy (non-hydrogen) atoms. The molecule has 1 N–H and O–H groups in total. The van der Waals surface area contributed by atoms with Gasteiger partial charge in [-0.1, -0.05) is 49.7 Å². The summed E-state index contributed by atoms with van der Waals surface area (Å²) in [6.45, 7) is 14.1. The molecule has 0 aliphatic heterocycles. The molecule has 0 heterocycles. The highest BCUT2D eigenvalue weighted by molar-refractivity contribution is 9.10. The Labute approximate surface area is 152 Å². The summed E-state index contributed by atoms with van der Waals surface area (Å²) >= 11 is 3.28. The van der Waals surface area contributed by atoms with E-state index in [0.29, 0.717) is 15.9 Å². The van der Waals surface area contributed by atoms with Crippen molar-refractivity contribution in [1.82, 2.24) is 5.32 Å². The van der Waals surface area contributed by atoms with E-state index in [0.717, 1.165) is 0 Å². The first-order valence-electron chi connectivity index (χ1n) is 7.53. The number of hydrogen-bond acceptors (Lipinski definition) is 2. The lowest BCUT2D eigenvalue weighted by Gasteiger charge is -2.63. The number of halogens is 4. The van der Waals surface area contributed by atoms with Crippen molar-refractivity contribution in [3.05, 3.63) is 34.1 Å². The second-order valence-electron chi connectivity index (χ2n) is 7.27. The lowest BCUT2D eigenvalue weighted by molar-refractivity contribution is -0.195. The highest BCUT2D eigenvalue weighted by atomic mass is 79.9. The predicted octanol–water partition coefficient (Wildman–Crippen LogP) is 4.86. The molecule has 2 rings (SSSR count). The van der Waals surface area contributed by atoms with E-state index in [1.807, 2.05) is 0 Å². The van der Waals surface area contributed by atoms with Crippen molar-refractivity contribution < 1.29 is 22.7 Å². The second-order valence-corrected chi connectivity index (χ2v) is 8.12. The summed E-state index contributed by atoms with van der Waals surface area (Å²) in [5.41, 5.74) is -0.958. The minimum absolute atomic E-state index is 0.413. The van der Waals surface area contributed by atoms with Gasteiger partial charge in [0.25, 0.3) is 0 Å². The Morgan fingerprint density at radius 3 is 2.28 bits per heavy atom. The number of hydrogen-bond donors (Lipinski definition) is 1. The van der Waals surface area contributed by atoms with Gasteiger partial charge in [0.05, 0.1) is 6.57 Å². The quantitative estimate of drug-likeness (QED) is 0.712. The van der Waals surface area contributed by atoms with Gasteiger partial charge in [0.1, 0.15) is 11.9 Å². The fourth-order valence-corrected chi connectivity index (χ4v) is 4.25. The van der Waals surface area contributed by atoms with E-state index in [1.54, 1.807) is 45.9 Å². The molecule has 0 aromatic heterocycles. The van der Waals surface area contributed by atoms with E-state index >= 15 is 0 Å². The Morgan fingerprint density at radius 1 is 1.28 bits per heavy atom. The second kappa shape index (κ2) is 6.20. The molecule has 0 bridgehead atoms. The molecular weight excluding hydrogens is 401 g/mol. The average Bonchev–Trinajstić information content (AvgIpc) is 2.48. The number of alkyl halides is 3. The van der Waals surface area contributed by atoms with Crippen LogP contribution < -0.4 is 10.1 Å². The Morgan fingerprint density at radius 2 is 1.84 bits per heavy atom. The number of nitrogens with one attached hydrogen (secondary N) is 1. The molecule has 8 heteroatoms. The zero-order valence-corrected chi connectivity index (χ0v) is 15.7. The lowest BCUT2D eigenvalue weighted by atomic mass is 9.49. The fraction of sp³-hybridized carbons (Fsp3) is 0.529. The molecule has 0 radical (unpaired) electrons. The van der Waals surface area contributed by atoms with Gasteiger partial charge in [-0.3, -0.25) is 4.79 Å². The zero-order valence-electron chi connectivity index (χ0n) is 14.2. The molecule has 1 aromatic rings. The van der Waals surface area contributed by atoms with Gasteiger partial charge in [0.2, 0.25) is 5.69 Å². The minimum atomic E-state index is -4.92. The third-order valence-electron chi connectivity index (χ3n) is 4.67. The first kappa shape index (κ1) is 19.6. The summed E-state index contributed by atoms with van der Waals surface area (Å²) in [7, 11) is 0. The van der Waals surface area contributed by atoms with Crippen molar-refractivity contribution in [1.29, 1.82) is 0 Å². The first-order chi connectivity index (χ1) is 11.3. The standard InChI is InChI=1S/C17H18BrF3N2O2/c1-15(2)12(23-14(24)17(19,20)21)16(3,4)13(15)25-9-6-7-11(22-5)10(18)8-9/h6-8,12-13H,1-4H3,(H,23,24). The minimum Gasteiger partial charge on any atom is -0.489 e. The molecule has 1 fully saturated rings. The van der Waals surface area contributed by atoms with E-state index in [1.165, 1.54) is 0 Å². The van der Waals surface area contributed by atoms with Crippen LogP contribution in [0.1, 0.15) is 27.7 Å². The SMILES string of the molecule is [C-]#[N+]c1ccc(OC2C(C)(C)C(NC(=O)C(F)(F)F)C2(C)C)cc1Br. The summed E-state index contributed by atoms with van der Waals surface area (Å²) in [4.78, 5) is 14.7. The van der Waals surface area contributed by atoms with Gasteiger partial charge in [0, 0.05) is 21.3 Å². The van der Waals surface area contributed by atoms with Gasteiger partial charge in [-0.2, -0.15) is 13.2 Å². The van der Waals surface area contributed by atoms with Gasteiger partial charge in [-0.15, -0.1) is 0 Å². The van der Waals surface area contributed by atoms with Crippen LogP contribution in [0.2, 0.25) is 0 Å². The van der Waals surface area contributed by atoms with Gasteiger partial charge in [-0.25, -0.2) is 4.85 Å². The largest absolute Gasteiger partial charge is 0.489 e. The van der Waals surface area contributed by atoms with Crippen LogP contribution in [0.3, 0.4) is 0 Å². The Balaban J connectivity index is 2.20. The number of benzene rings is 1. The van der Waals surface area contributed by atoms with Crippen molar-refractivity contribution >= 4 is 27.5 Å². The number of rotatable bonds is 3. The van der Waals surface area contributed by atoms with Gasteiger partial charge >= 0.3 is 12.1 Å². The number of ether oxygens (including phenoxy) is 1. The Hall–Kier alpha value is -1.75. The normalized spacial score (nSPS) is 24.0. The van der Waals surface area contributed by atoms with Crippen LogP contribution in [0.5, 0.6) is 5.75 Å². The number of nitrogens with zero attached hydrogens (tertiary/aromatic N) is 1. The van der Waals surface area contributed by atoms with E-state index in [4.69, 9.17) is 11.3 Å². The molecule has 4 nitrogen and oxygen atoms in total. The number of carbonyl (C=O) groups excluding carboxylic acids is 1. The Kier molecular flexibility index (Phi) is 4.86. The summed E-state index contributed by atoms with van der Waals surface area (Å²) < 4.78 is 44.3. The molecule has 1 aromatic carbocycles. The van der Waals surface area contributed by atoms with Crippen LogP contribution >= 0.6 is 15.9 Å². The number of amides is 1. The highest BCUT2D eigenvalue weighted by Crippen LogP contribution is 2.55. The highest BCUT2D eigenvalue weighted by Gasteiger charge is 2.65. The van der Waals surface area contributed by atoms with Gasteiger partial charge < -0.3 is 10.1 Å². The van der Waals surface area contributed by atoms with Crippen molar-refractivity contribution in [3.63, 3.8) is 0 Å². The molecule has 1 saturated carbocycles. The van der Waals surface area contributed by atoms with E-state index in [-0.39, 0.29) is 0 Å². The average molecular weight is 419 g/mol. The van der Waals surface area contributed by atoms with E-state index < -0.39 is 35.1 Å². The Bertz CT molecular complexity index is 722. The lowest BCUT2D eigenvalue weighted by Crippen LogP contribution is -2.75. The maximum absolute atomic E-state index is 12.6. The maximum atomic E-state index is 12.6. The predicted molar refractivity (Wildman–Crippen MR) is 90.4 cm³/mol. The fourth-order valence-electron chi connectivity index (χ4n) is 3.80. The van der Waals surface area contributed by atoms with Crippen molar-refractivity contribution in [2.45, 2.75) is 46.0 Å². The summed E-state index contributed by atoms with van der Waals surface area (Å²) in [6.07, 6.45) is -5.33. The van der Waals surface area contributed by atoms with Crippen LogP contribution in [0.4, 0.5) is 18.9 Å². The topological polar surface area (TPSA) is 42.7 Å². The summed E-state index contributed by atoms with van der Waals surface area (Å²) in [5, 5.41) is 2.09. The molecule has 1 aliphatic carbocycles. The third-order valence-corrected chi connectivity index (χ3v) is 5.30. The van der Waals surface area contributed by atoms with E-state index in [9.17, 15) is 18.0 Å². The van der Waals surface area contributed by atoms with E-state index in [2.05, 4.69) is 26.1 Å². The van der Waals surface area contributed by atoms with Crippen molar-refractivity contribution in [2.24, 2.45) is 10.8 Å². The van der Waals surface area contributed by atoms with Crippen molar-refractivity contribution in [3.8, 4) is 5.75 Å². The zero-order chi connectivity index (χ0) is 19.2. The molecule has 1 amide bonds. The van der Waals surface area contributed by atoms with Crippen LogP contribution in [0.15, 0.2) is 22.7 Å². The molecule has 136 valence electrons. The molecular formula is C17H18BrF3N2O2. The molecule has 0 unspecified atom stereocenters. The summed E-state index contributed by atoms with van der Waals surface area (Å²) in [6, 6.07) is 4.21. The van der Waals surface area contributed by atoms with Crippen LogP contribution in [0, 0.1) is 17.4 Å².